The molecule has 4 nitrogen and oxygen atoms in total. The van der Waals surface area contributed by atoms with Gasteiger partial charge in [-0.1, -0.05) is 43.2 Å². The third kappa shape index (κ3) is 3.15. The molecule has 0 aromatic heterocycles. The number of rotatable bonds is 3. The first kappa shape index (κ1) is 15.0. The minimum atomic E-state index is -3.32. The van der Waals surface area contributed by atoms with Crippen molar-refractivity contribution in [3.63, 3.8) is 0 Å². The molecule has 2 heterocycles. The van der Waals surface area contributed by atoms with Crippen LogP contribution in [0.25, 0.3) is 0 Å². The van der Waals surface area contributed by atoms with Gasteiger partial charge in [-0.05, 0) is 31.2 Å². The maximum atomic E-state index is 13.0. The van der Waals surface area contributed by atoms with Gasteiger partial charge < -0.3 is 0 Å². The summed E-state index contributed by atoms with van der Waals surface area (Å²) in [7, 11) is -3.32. The fourth-order valence-electron chi connectivity index (χ4n) is 3.45. The molecule has 2 fully saturated rings. The molecule has 0 amide bonds. The Labute approximate surface area is 127 Å². The summed E-state index contributed by atoms with van der Waals surface area (Å²) < 4.78 is 29.4. The Morgan fingerprint density at radius 2 is 1.52 bits per heavy atom. The van der Waals surface area contributed by atoms with Crippen LogP contribution in [0.15, 0.2) is 30.3 Å². The molecule has 1 atom stereocenters. The Hall–Kier alpha value is -0.910. The van der Waals surface area contributed by atoms with Gasteiger partial charge in [0, 0.05) is 19.6 Å². The molecule has 21 heavy (non-hydrogen) atoms. The first-order valence-corrected chi connectivity index (χ1v) is 9.41. The van der Waals surface area contributed by atoms with Crippen molar-refractivity contribution in [3.8, 4) is 0 Å². The van der Waals surface area contributed by atoms with E-state index in [4.69, 9.17) is 0 Å². The van der Waals surface area contributed by atoms with Gasteiger partial charge in [-0.2, -0.15) is 17.0 Å². The zero-order valence-corrected chi connectivity index (χ0v) is 13.3. The second-order valence-electron chi connectivity index (χ2n) is 6.00. The van der Waals surface area contributed by atoms with Gasteiger partial charge in [-0.15, -0.1) is 0 Å². The summed E-state index contributed by atoms with van der Waals surface area (Å²) in [4.78, 5) is 0. The molecule has 5 heteroatoms. The van der Waals surface area contributed by atoms with E-state index in [1.165, 1.54) is 0 Å². The lowest BCUT2D eigenvalue weighted by Crippen LogP contribution is -2.43. The lowest BCUT2D eigenvalue weighted by Gasteiger charge is -2.30. The highest BCUT2D eigenvalue weighted by atomic mass is 32.2. The summed E-state index contributed by atoms with van der Waals surface area (Å²) >= 11 is 0. The summed E-state index contributed by atoms with van der Waals surface area (Å²) in [6.07, 6.45) is 6.15. The van der Waals surface area contributed by atoms with Crippen LogP contribution in [0.1, 0.15) is 50.1 Å². The van der Waals surface area contributed by atoms with E-state index in [0.29, 0.717) is 19.6 Å². The molecule has 2 aliphatic rings. The number of hydrogen-bond donors (Lipinski definition) is 0. The fourth-order valence-corrected chi connectivity index (χ4v) is 5.37. The summed E-state index contributed by atoms with van der Waals surface area (Å²) in [6, 6.07) is 10.1. The van der Waals surface area contributed by atoms with Crippen molar-refractivity contribution in [2.24, 2.45) is 0 Å². The smallest absolute Gasteiger partial charge is 0.195 e. The van der Waals surface area contributed by atoms with Gasteiger partial charge >= 0.3 is 0 Å². The van der Waals surface area contributed by atoms with E-state index in [1.54, 1.807) is 8.61 Å². The summed E-state index contributed by atoms with van der Waals surface area (Å²) in [5.41, 5.74) is 1.12. The Bertz CT molecular complexity index is 551. The first-order chi connectivity index (χ1) is 10.2. The maximum Gasteiger partial charge on any atom is 0.282 e. The Morgan fingerprint density at radius 3 is 2.19 bits per heavy atom. The predicted octanol–water partition coefficient (Wildman–Crippen LogP) is 2.94. The van der Waals surface area contributed by atoms with Crippen LogP contribution in [0.3, 0.4) is 0 Å². The van der Waals surface area contributed by atoms with E-state index in [9.17, 15) is 8.42 Å². The molecule has 0 aliphatic carbocycles. The highest BCUT2D eigenvalue weighted by Crippen LogP contribution is 2.35. The largest absolute Gasteiger partial charge is 0.282 e. The van der Waals surface area contributed by atoms with Crippen molar-refractivity contribution >= 4 is 10.2 Å². The molecule has 1 unspecified atom stereocenters. The van der Waals surface area contributed by atoms with Gasteiger partial charge in [-0.3, -0.25) is 0 Å². The van der Waals surface area contributed by atoms with E-state index < -0.39 is 10.2 Å². The van der Waals surface area contributed by atoms with Crippen molar-refractivity contribution in [1.82, 2.24) is 8.61 Å². The molecular formula is C16H24N2O2S. The minimum absolute atomic E-state index is 0.0134. The zero-order valence-electron chi connectivity index (χ0n) is 12.4. The molecule has 2 saturated heterocycles. The lowest BCUT2D eigenvalue weighted by atomic mass is 10.1. The molecular weight excluding hydrogens is 284 g/mol. The molecule has 1 aromatic carbocycles. The van der Waals surface area contributed by atoms with Gasteiger partial charge in [0.1, 0.15) is 0 Å². The fraction of sp³-hybridized carbons (Fsp3) is 0.625. The van der Waals surface area contributed by atoms with Crippen LogP contribution in [0, 0.1) is 0 Å². The molecule has 0 saturated carbocycles. The SMILES string of the molecule is O=S(=O)(N1CCCCCC1)N1CCCC1c1ccccc1. The van der Waals surface area contributed by atoms with E-state index in [0.717, 1.165) is 44.1 Å². The van der Waals surface area contributed by atoms with Crippen LogP contribution in [0.4, 0.5) is 0 Å². The Balaban J connectivity index is 1.83. The minimum Gasteiger partial charge on any atom is -0.195 e. The van der Waals surface area contributed by atoms with E-state index in [-0.39, 0.29) is 6.04 Å². The number of nitrogens with zero attached hydrogens (tertiary/aromatic N) is 2. The van der Waals surface area contributed by atoms with Crippen LogP contribution in [-0.4, -0.2) is 36.7 Å². The van der Waals surface area contributed by atoms with Crippen molar-refractivity contribution in [1.29, 1.82) is 0 Å². The van der Waals surface area contributed by atoms with Crippen LogP contribution in [0.5, 0.6) is 0 Å². The van der Waals surface area contributed by atoms with Crippen molar-refractivity contribution in [2.45, 2.75) is 44.6 Å². The lowest BCUT2D eigenvalue weighted by molar-refractivity contribution is 0.330. The van der Waals surface area contributed by atoms with Crippen molar-refractivity contribution in [2.75, 3.05) is 19.6 Å². The van der Waals surface area contributed by atoms with Crippen LogP contribution < -0.4 is 0 Å². The zero-order chi connectivity index (χ0) is 14.7. The number of benzene rings is 1. The van der Waals surface area contributed by atoms with Crippen molar-refractivity contribution < 1.29 is 8.42 Å². The molecule has 116 valence electrons. The Kier molecular flexibility index (Phi) is 4.62. The van der Waals surface area contributed by atoms with Crippen LogP contribution in [0.2, 0.25) is 0 Å². The average molecular weight is 308 g/mol. The normalized spacial score (nSPS) is 25.8. The van der Waals surface area contributed by atoms with E-state index >= 15 is 0 Å². The van der Waals surface area contributed by atoms with Crippen molar-refractivity contribution in [3.05, 3.63) is 35.9 Å². The van der Waals surface area contributed by atoms with E-state index in [2.05, 4.69) is 0 Å². The third-order valence-electron chi connectivity index (χ3n) is 4.58. The van der Waals surface area contributed by atoms with Crippen LogP contribution >= 0.6 is 0 Å². The van der Waals surface area contributed by atoms with Crippen LogP contribution in [-0.2, 0) is 10.2 Å². The van der Waals surface area contributed by atoms with Gasteiger partial charge in [0.05, 0.1) is 6.04 Å². The third-order valence-corrected chi connectivity index (χ3v) is 6.62. The topological polar surface area (TPSA) is 40.6 Å². The molecule has 0 spiro atoms. The van der Waals surface area contributed by atoms with Gasteiger partial charge in [0.15, 0.2) is 0 Å². The number of hydrogen-bond acceptors (Lipinski definition) is 2. The predicted molar refractivity (Wildman–Crippen MR) is 84.1 cm³/mol. The second-order valence-corrected chi connectivity index (χ2v) is 7.88. The molecule has 2 aliphatic heterocycles. The summed E-state index contributed by atoms with van der Waals surface area (Å²) in [6.45, 7) is 2.01. The monoisotopic (exact) mass is 308 g/mol. The summed E-state index contributed by atoms with van der Waals surface area (Å²) in [5, 5.41) is 0. The molecule has 3 rings (SSSR count). The molecule has 0 bridgehead atoms. The van der Waals surface area contributed by atoms with Gasteiger partial charge in [-0.25, -0.2) is 0 Å². The van der Waals surface area contributed by atoms with Gasteiger partial charge in [0.25, 0.3) is 10.2 Å². The second kappa shape index (κ2) is 6.46. The highest BCUT2D eigenvalue weighted by Gasteiger charge is 2.38. The standard InChI is InChI=1S/C16H24N2O2S/c19-21(20,17-12-6-1-2-7-13-17)18-14-8-11-16(18)15-9-4-3-5-10-15/h3-5,9-10,16H,1-2,6-8,11-14H2. The van der Waals surface area contributed by atoms with E-state index in [1.807, 2.05) is 30.3 Å². The summed E-state index contributed by atoms with van der Waals surface area (Å²) in [5.74, 6) is 0. The quantitative estimate of drug-likeness (QED) is 0.861. The average Bonchev–Trinajstić information content (AvgIpc) is 2.84. The maximum absolute atomic E-state index is 13.0. The molecule has 0 N–H and O–H groups in total. The highest BCUT2D eigenvalue weighted by molar-refractivity contribution is 7.86. The molecule has 0 radical (unpaired) electrons. The molecule has 1 aromatic rings. The van der Waals surface area contributed by atoms with Gasteiger partial charge in [0.2, 0.25) is 0 Å². The first-order valence-electron chi connectivity index (χ1n) is 8.01. The Morgan fingerprint density at radius 1 is 0.857 bits per heavy atom.